The smallest absolute Gasteiger partial charge is 0.303 e. The van der Waals surface area contributed by atoms with Crippen molar-refractivity contribution in [2.75, 3.05) is 13.2 Å². The second-order valence-electron chi connectivity index (χ2n) is 8.05. The number of hydrogen-bond acceptors (Lipinski definition) is 6. The van der Waals surface area contributed by atoms with Crippen LogP contribution in [0, 0.1) is 24.4 Å². The first-order valence-corrected chi connectivity index (χ1v) is 11.1. The zero-order valence-electron chi connectivity index (χ0n) is 18.9. The van der Waals surface area contributed by atoms with Gasteiger partial charge in [0.1, 0.15) is 12.4 Å². The molecule has 2 atom stereocenters. The minimum absolute atomic E-state index is 0.320. The van der Waals surface area contributed by atoms with E-state index in [0.717, 1.165) is 6.92 Å². The molecule has 192 valence electrons. The highest BCUT2D eigenvalue weighted by atomic mass is 35.5. The topological polar surface area (TPSA) is 116 Å². The molecule has 0 aromatic heterocycles. The van der Waals surface area contributed by atoms with Crippen molar-refractivity contribution in [2.45, 2.75) is 32.0 Å². The maximum atomic E-state index is 14.0. The molecule has 1 unspecified atom stereocenters. The van der Waals surface area contributed by atoms with Gasteiger partial charge in [0.25, 0.3) is 0 Å². The molecule has 0 saturated carbocycles. The molecule has 1 amide bonds. The van der Waals surface area contributed by atoms with Gasteiger partial charge in [-0.1, -0.05) is 17.7 Å². The molecule has 0 aliphatic carbocycles. The SMILES string of the molecule is Cc1c(F)cc(F)c(F)c1OCC(=O)[C@H](CCC(=O)O)NC(=O)CN1C=Cc2ccc(Cl)cc2C1O. The third-order valence-corrected chi connectivity index (χ3v) is 5.74. The lowest BCUT2D eigenvalue weighted by atomic mass is 10.0. The zero-order chi connectivity index (χ0) is 26.6. The minimum Gasteiger partial charge on any atom is -0.482 e. The summed E-state index contributed by atoms with van der Waals surface area (Å²) in [7, 11) is 0. The summed E-state index contributed by atoms with van der Waals surface area (Å²) < 4.78 is 46.3. The highest BCUT2D eigenvalue weighted by Crippen LogP contribution is 2.30. The summed E-state index contributed by atoms with van der Waals surface area (Å²) in [5.74, 6) is -7.69. The van der Waals surface area contributed by atoms with Crippen LogP contribution in [-0.2, 0) is 14.4 Å². The first-order chi connectivity index (χ1) is 17.0. The number of amides is 1. The fourth-order valence-corrected chi connectivity index (χ4v) is 3.74. The van der Waals surface area contributed by atoms with Crippen molar-refractivity contribution in [2.24, 2.45) is 0 Å². The molecule has 1 aliphatic rings. The molecule has 1 heterocycles. The fourth-order valence-electron chi connectivity index (χ4n) is 3.56. The lowest BCUT2D eigenvalue weighted by molar-refractivity contribution is -0.138. The molecule has 2 aromatic carbocycles. The summed E-state index contributed by atoms with van der Waals surface area (Å²) in [5, 5.41) is 22.3. The Labute approximate surface area is 208 Å². The number of nitrogens with one attached hydrogen (secondary N) is 1. The third-order valence-electron chi connectivity index (χ3n) is 5.50. The Balaban J connectivity index is 1.68. The number of nitrogens with zero attached hydrogens (tertiary/aromatic N) is 1. The van der Waals surface area contributed by atoms with Crippen molar-refractivity contribution < 1.29 is 42.5 Å². The molecule has 0 radical (unpaired) electrons. The van der Waals surface area contributed by atoms with Gasteiger partial charge in [0, 0.05) is 34.8 Å². The van der Waals surface area contributed by atoms with Crippen LogP contribution in [0.5, 0.6) is 5.75 Å². The lowest BCUT2D eigenvalue weighted by Gasteiger charge is -2.31. The van der Waals surface area contributed by atoms with E-state index in [4.69, 9.17) is 21.4 Å². The molecule has 0 spiro atoms. The van der Waals surface area contributed by atoms with Crippen LogP contribution in [0.1, 0.15) is 35.8 Å². The molecule has 36 heavy (non-hydrogen) atoms. The first-order valence-electron chi connectivity index (χ1n) is 10.7. The number of carbonyl (C=O) groups excluding carboxylic acids is 2. The Bertz CT molecular complexity index is 1200. The molecule has 1 aliphatic heterocycles. The van der Waals surface area contributed by atoms with Crippen LogP contribution in [0.15, 0.2) is 30.5 Å². The van der Waals surface area contributed by atoms with E-state index in [9.17, 15) is 32.7 Å². The summed E-state index contributed by atoms with van der Waals surface area (Å²) in [6.07, 6.45) is 1.11. The van der Waals surface area contributed by atoms with Gasteiger partial charge in [-0.05, 0) is 37.1 Å². The Morgan fingerprint density at radius 3 is 2.61 bits per heavy atom. The number of hydrogen-bond donors (Lipinski definition) is 3. The third kappa shape index (κ3) is 6.35. The van der Waals surface area contributed by atoms with Crippen molar-refractivity contribution in [1.82, 2.24) is 10.2 Å². The summed E-state index contributed by atoms with van der Waals surface area (Å²) in [6, 6.07) is 3.87. The van der Waals surface area contributed by atoms with Gasteiger partial charge >= 0.3 is 5.97 Å². The number of ether oxygens (including phenoxy) is 1. The van der Waals surface area contributed by atoms with Gasteiger partial charge in [0.05, 0.1) is 12.6 Å². The monoisotopic (exact) mass is 526 g/mol. The molecule has 3 rings (SSSR count). The molecule has 0 bridgehead atoms. The molecule has 0 saturated heterocycles. The van der Waals surface area contributed by atoms with Gasteiger partial charge in [-0.25, -0.2) is 8.78 Å². The van der Waals surface area contributed by atoms with Gasteiger partial charge < -0.3 is 25.2 Å². The van der Waals surface area contributed by atoms with Crippen LogP contribution in [0.25, 0.3) is 6.08 Å². The van der Waals surface area contributed by atoms with Crippen LogP contribution in [0.2, 0.25) is 5.02 Å². The molecule has 0 fully saturated rings. The predicted octanol–water partition coefficient (Wildman–Crippen LogP) is 3.34. The molecule has 2 aromatic rings. The number of aliphatic carboxylic acids is 1. The van der Waals surface area contributed by atoms with Crippen LogP contribution in [0.3, 0.4) is 0 Å². The van der Waals surface area contributed by atoms with Crippen molar-refractivity contribution in [3.8, 4) is 5.75 Å². The van der Waals surface area contributed by atoms with E-state index in [1.165, 1.54) is 11.1 Å². The summed E-state index contributed by atoms with van der Waals surface area (Å²) in [6.45, 7) is -0.155. The van der Waals surface area contributed by atoms with Crippen LogP contribution < -0.4 is 10.1 Å². The van der Waals surface area contributed by atoms with E-state index >= 15 is 0 Å². The Hall–Kier alpha value is -3.57. The number of Topliss-reactive ketones (excluding diaryl/α,β-unsaturated/α-hetero) is 1. The van der Waals surface area contributed by atoms with E-state index in [-0.39, 0.29) is 12.0 Å². The number of aliphatic hydroxyl groups excluding tert-OH is 1. The van der Waals surface area contributed by atoms with Gasteiger partial charge in [-0.2, -0.15) is 4.39 Å². The Morgan fingerprint density at radius 2 is 1.92 bits per heavy atom. The van der Waals surface area contributed by atoms with Gasteiger partial charge in [0.2, 0.25) is 11.7 Å². The van der Waals surface area contributed by atoms with Gasteiger partial charge in [-0.15, -0.1) is 0 Å². The molecular weight excluding hydrogens is 505 g/mol. The zero-order valence-corrected chi connectivity index (χ0v) is 19.7. The molecule has 8 nitrogen and oxygen atoms in total. The van der Waals surface area contributed by atoms with E-state index in [0.29, 0.717) is 22.2 Å². The molecule has 12 heteroatoms. The number of benzene rings is 2. The van der Waals surface area contributed by atoms with Crippen LogP contribution >= 0.6 is 11.6 Å². The lowest BCUT2D eigenvalue weighted by Crippen LogP contribution is -2.47. The number of carboxylic acids is 1. The summed E-state index contributed by atoms with van der Waals surface area (Å²) in [5.41, 5.74) is 0.801. The normalized spacial score (nSPS) is 15.3. The largest absolute Gasteiger partial charge is 0.482 e. The van der Waals surface area contributed by atoms with Crippen molar-refractivity contribution >= 4 is 35.3 Å². The maximum absolute atomic E-state index is 14.0. The number of carbonyl (C=O) groups is 3. The molecular formula is C24H22ClF3N2O6. The number of halogens is 4. The average Bonchev–Trinajstić information content (AvgIpc) is 2.82. The summed E-state index contributed by atoms with van der Waals surface area (Å²) in [4.78, 5) is 37.6. The minimum atomic E-state index is -1.51. The van der Waals surface area contributed by atoms with Crippen molar-refractivity contribution in [1.29, 1.82) is 0 Å². The quantitative estimate of drug-likeness (QED) is 0.407. The highest BCUT2D eigenvalue weighted by molar-refractivity contribution is 6.30. The van der Waals surface area contributed by atoms with Gasteiger partial charge in [-0.3, -0.25) is 14.4 Å². The fraction of sp³-hybridized carbons (Fsp3) is 0.292. The number of aliphatic hydroxyl groups is 1. The highest BCUT2D eigenvalue weighted by Gasteiger charge is 2.27. The number of ketones is 1. The molecule has 3 N–H and O–H groups in total. The number of rotatable bonds is 10. The van der Waals surface area contributed by atoms with Crippen LogP contribution in [-0.4, -0.2) is 52.0 Å². The van der Waals surface area contributed by atoms with E-state index in [2.05, 4.69) is 5.32 Å². The van der Waals surface area contributed by atoms with Crippen molar-refractivity contribution in [3.05, 3.63) is 69.6 Å². The van der Waals surface area contributed by atoms with E-state index in [1.54, 1.807) is 24.3 Å². The number of fused-ring (bicyclic) bond motifs is 1. The van der Waals surface area contributed by atoms with E-state index < -0.39 is 72.7 Å². The van der Waals surface area contributed by atoms with E-state index in [1.807, 2.05) is 0 Å². The Kier molecular flexibility index (Phi) is 8.59. The van der Waals surface area contributed by atoms with Crippen LogP contribution in [0.4, 0.5) is 13.2 Å². The van der Waals surface area contributed by atoms with Crippen molar-refractivity contribution in [3.63, 3.8) is 0 Å². The second kappa shape index (κ2) is 11.4. The Morgan fingerprint density at radius 1 is 1.19 bits per heavy atom. The summed E-state index contributed by atoms with van der Waals surface area (Å²) >= 11 is 5.97. The average molecular weight is 527 g/mol. The standard InChI is InChI=1S/C24H22ClF3N2O6/c1-12-16(26)9-17(27)22(28)23(12)36-11-19(31)18(4-5-21(33)34)29-20(32)10-30-7-6-13-2-3-14(25)8-15(13)24(30)35/h2-3,6-9,18,24,35H,4-5,10-11H2,1H3,(H,29,32)(H,33,34)/t18-,24?/m0/s1. The number of carboxylic acid groups (broad SMARTS) is 1. The first kappa shape index (κ1) is 27.0. The second-order valence-corrected chi connectivity index (χ2v) is 8.49. The maximum Gasteiger partial charge on any atom is 0.303 e. The van der Waals surface area contributed by atoms with Gasteiger partial charge in [0.15, 0.2) is 23.6 Å². The predicted molar refractivity (Wildman–Crippen MR) is 123 cm³/mol.